The van der Waals surface area contributed by atoms with E-state index in [0.717, 1.165) is 12.5 Å². The van der Waals surface area contributed by atoms with Crippen molar-refractivity contribution in [1.82, 2.24) is 5.32 Å². The molecule has 14 heavy (non-hydrogen) atoms. The lowest BCUT2D eigenvalue weighted by Crippen LogP contribution is -2.24. The molecule has 1 aromatic rings. The lowest BCUT2D eigenvalue weighted by Gasteiger charge is -2.25. The third-order valence-corrected chi connectivity index (χ3v) is 2.46. The van der Waals surface area contributed by atoms with E-state index in [0.29, 0.717) is 12.2 Å². The molecule has 1 aliphatic rings. The molecule has 76 valence electrons. The highest BCUT2D eigenvalue weighted by molar-refractivity contribution is 5.39. The van der Waals surface area contributed by atoms with Gasteiger partial charge in [-0.1, -0.05) is 6.07 Å². The summed E-state index contributed by atoms with van der Waals surface area (Å²) in [6.45, 7) is 0.416. The van der Waals surface area contributed by atoms with Crippen LogP contribution in [0, 0.1) is 11.6 Å². The molecule has 0 fully saturated rings. The molecular formula is C10H11F2NO. The van der Waals surface area contributed by atoms with E-state index in [4.69, 9.17) is 4.74 Å². The summed E-state index contributed by atoms with van der Waals surface area (Å²) in [5.41, 5.74) is 0.692. The second kappa shape index (κ2) is 3.53. The van der Waals surface area contributed by atoms with E-state index in [2.05, 4.69) is 5.32 Å². The second-order valence-electron chi connectivity index (χ2n) is 3.26. The van der Waals surface area contributed by atoms with Crippen molar-refractivity contribution >= 4 is 0 Å². The topological polar surface area (TPSA) is 21.3 Å². The minimum Gasteiger partial charge on any atom is -0.490 e. The first-order chi connectivity index (χ1) is 6.74. The summed E-state index contributed by atoms with van der Waals surface area (Å²) >= 11 is 0. The Hall–Kier alpha value is -1.16. The largest absolute Gasteiger partial charge is 0.490 e. The Morgan fingerprint density at radius 3 is 2.93 bits per heavy atom. The quantitative estimate of drug-likeness (QED) is 0.747. The van der Waals surface area contributed by atoms with Gasteiger partial charge in [0.05, 0.1) is 6.61 Å². The van der Waals surface area contributed by atoms with Crippen molar-refractivity contribution in [2.45, 2.75) is 12.5 Å². The van der Waals surface area contributed by atoms with E-state index in [1.54, 1.807) is 13.1 Å². The van der Waals surface area contributed by atoms with Crippen LogP contribution >= 0.6 is 0 Å². The number of halogens is 2. The lowest BCUT2D eigenvalue weighted by molar-refractivity contribution is 0.241. The molecule has 0 bridgehead atoms. The van der Waals surface area contributed by atoms with Crippen molar-refractivity contribution in [3.63, 3.8) is 0 Å². The van der Waals surface area contributed by atoms with E-state index in [1.807, 2.05) is 0 Å². The summed E-state index contributed by atoms with van der Waals surface area (Å²) < 4.78 is 31.2. The molecule has 2 nitrogen and oxygen atoms in total. The number of benzene rings is 1. The Balaban J connectivity index is 2.50. The van der Waals surface area contributed by atoms with Crippen molar-refractivity contribution in [2.75, 3.05) is 13.7 Å². The number of hydrogen-bond acceptors (Lipinski definition) is 2. The zero-order valence-electron chi connectivity index (χ0n) is 7.81. The fourth-order valence-electron chi connectivity index (χ4n) is 1.70. The van der Waals surface area contributed by atoms with Gasteiger partial charge in [0.25, 0.3) is 0 Å². The van der Waals surface area contributed by atoms with Crippen LogP contribution in [0.15, 0.2) is 12.1 Å². The number of ether oxygens (including phenoxy) is 1. The summed E-state index contributed by atoms with van der Waals surface area (Å²) in [5.74, 6) is -1.70. The number of fused-ring (bicyclic) bond motifs is 1. The van der Waals surface area contributed by atoms with E-state index in [-0.39, 0.29) is 11.8 Å². The average Bonchev–Trinajstić information content (AvgIpc) is 2.23. The zero-order chi connectivity index (χ0) is 10.1. The average molecular weight is 199 g/mol. The molecule has 1 heterocycles. The third kappa shape index (κ3) is 1.35. The van der Waals surface area contributed by atoms with Crippen LogP contribution in [0.3, 0.4) is 0 Å². The SMILES string of the molecule is CNC1CCOc2c1ccc(F)c2F. The van der Waals surface area contributed by atoms with Crippen LogP contribution in [0.2, 0.25) is 0 Å². The van der Waals surface area contributed by atoms with Gasteiger partial charge in [0.2, 0.25) is 5.82 Å². The van der Waals surface area contributed by atoms with Gasteiger partial charge in [-0.3, -0.25) is 0 Å². The molecule has 0 aromatic heterocycles. The van der Waals surface area contributed by atoms with Crippen LogP contribution in [-0.2, 0) is 0 Å². The lowest BCUT2D eigenvalue weighted by atomic mass is 10.0. The van der Waals surface area contributed by atoms with E-state index in [9.17, 15) is 8.78 Å². The van der Waals surface area contributed by atoms with Gasteiger partial charge in [0.1, 0.15) is 0 Å². The van der Waals surface area contributed by atoms with E-state index in [1.165, 1.54) is 0 Å². The molecule has 0 saturated heterocycles. The highest BCUT2D eigenvalue weighted by atomic mass is 19.2. The van der Waals surface area contributed by atoms with Gasteiger partial charge in [-0.05, 0) is 13.1 Å². The van der Waals surface area contributed by atoms with Gasteiger partial charge in [0.15, 0.2) is 11.6 Å². The summed E-state index contributed by atoms with van der Waals surface area (Å²) in [5, 5.41) is 3.04. The Kier molecular flexibility index (Phi) is 2.37. The van der Waals surface area contributed by atoms with E-state index >= 15 is 0 Å². The maximum atomic E-state index is 13.3. The minimum absolute atomic E-state index is 0.0499. The molecule has 1 N–H and O–H groups in total. The van der Waals surface area contributed by atoms with Crippen molar-refractivity contribution in [3.8, 4) is 5.75 Å². The molecule has 1 aromatic carbocycles. The first kappa shape index (κ1) is 9.40. The van der Waals surface area contributed by atoms with E-state index < -0.39 is 11.6 Å². The Labute approximate surface area is 80.9 Å². The highest BCUT2D eigenvalue weighted by Crippen LogP contribution is 2.34. The second-order valence-corrected chi connectivity index (χ2v) is 3.26. The Morgan fingerprint density at radius 1 is 1.43 bits per heavy atom. The molecule has 0 spiro atoms. The summed E-state index contributed by atoms with van der Waals surface area (Å²) in [6.07, 6.45) is 0.772. The predicted molar refractivity (Wildman–Crippen MR) is 48.3 cm³/mol. The first-order valence-electron chi connectivity index (χ1n) is 4.52. The van der Waals surface area contributed by atoms with Gasteiger partial charge >= 0.3 is 0 Å². The fourth-order valence-corrected chi connectivity index (χ4v) is 1.70. The van der Waals surface area contributed by atoms with Gasteiger partial charge in [-0.15, -0.1) is 0 Å². The summed E-state index contributed by atoms with van der Waals surface area (Å²) in [4.78, 5) is 0. The van der Waals surface area contributed by atoms with Gasteiger partial charge in [-0.2, -0.15) is 4.39 Å². The monoisotopic (exact) mass is 199 g/mol. The van der Waals surface area contributed by atoms with Crippen LogP contribution in [0.4, 0.5) is 8.78 Å². The molecule has 0 amide bonds. The van der Waals surface area contributed by atoms with Gasteiger partial charge in [-0.25, -0.2) is 4.39 Å². The maximum Gasteiger partial charge on any atom is 0.200 e. The normalized spacial score (nSPS) is 20.1. The zero-order valence-corrected chi connectivity index (χ0v) is 7.81. The van der Waals surface area contributed by atoms with Crippen LogP contribution in [0.25, 0.3) is 0 Å². The van der Waals surface area contributed by atoms with Crippen molar-refractivity contribution < 1.29 is 13.5 Å². The Bertz CT molecular complexity index is 354. The smallest absolute Gasteiger partial charge is 0.200 e. The van der Waals surface area contributed by atoms with Gasteiger partial charge in [0, 0.05) is 18.0 Å². The maximum absolute atomic E-state index is 13.3. The molecule has 1 atom stereocenters. The third-order valence-electron chi connectivity index (χ3n) is 2.46. The molecule has 1 unspecified atom stereocenters. The number of rotatable bonds is 1. The molecule has 4 heteroatoms. The number of hydrogen-bond donors (Lipinski definition) is 1. The van der Waals surface area contributed by atoms with Crippen molar-refractivity contribution in [3.05, 3.63) is 29.3 Å². The molecule has 0 saturated carbocycles. The number of nitrogens with one attached hydrogen (secondary N) is 1. The molecular weight excluding hydrogens is 188 g/mol. The van der Waals surface area contributed by atoms with Gasteiger partial charge < -0.3 is 10.1 Å². The standard InChI is InChI=1S/C10H11F2NO/c1-13-8-4-5-14-10-6(8)2-3-7(11)9(10)12/h2-3,8,13H,4-5H2,1H3. The van der Waals surface area contributed by atoms with Crippen LogP contribution in [0.5, 0.6) is 5.75 Å². The molecule has 2 rings (SSSR count). The van der Waals surface area contributed by atoms with Crippen molar-refractivity contribution in [1.29, 1.82) is 0 Å². The summed E-state index contributed by atoms with van der Waals surface area (Å²) in [7, 11) is 1.79. The van der Waals surface area contributed by atoms with Crippen molar-refractivity contribution in [2.24, 2.45) is 0 Å². The minimum atomic E-state index is -0.887. The summed E-state index contributed by atoms with van der Waals surface area (Å²) in [6, 6.07) is 2.75. The van der Waals surface area contributed by atoms with Crippen LogP contribution < -0.4 is 10.1 Å². The van der Waals surface area contributed by atoms with Crippen LogP contribution in [-0.4, -0.2) is 13.7 Å². The fraction of sp³-hybridized carbons (Fsp3) is 0.400. The molecule has 0 aliphatic carbocycles. The highest BCUT2D eigenvalue weighted by Gasteiger charge is 2.24. The molecule has 1 aliphatic heterocycles. The van der Waals surface area contributed by atoms with Crippen LogP contribution in [0.1, 0.15) is 18.0 Å². The molecule has 0 radical (unpaired) electrons. The first-order valence-corrected chi connectivity index (χ1v) is 4.52. The Morgan fingerprint density at radius 2 is 2.21 bits per heavy atom. The predicted octanol–water partition coefficient (Wildman–Crippen LogP) is 2.01.